The Hall–Kier alpha value is -1.84. The van der Waals surface area contributed by atoms with E-state index in [9.17, 15) is 9.59 Å². The van der Waals surface area contributed by atoms with Gasteiger partial charge in [0, 0.05) is 19.9 Å². The first-order valence-corrected chi connectivity index (χ1v) is 5.27. The molecule has 0 unspecified atom stereocenters. The van der Waals surface area contributed by atoms with Crippen molar-refractivity contribution < 1.29 is 9.59 Å². The van der Waals surface area contributed by atoms with Crippen LogP contribution >= 0.6 is 0 Å². The van der Waals surface area contributed by atoms with E-state index in [2.05, 4.69) is 0 Å². The number of nitrogens with zero attached hydrogens (tertiary/aromatic N) is 2. The molecule has 2 amide bonds. The zero-order valence-corrected chi connectivity index (χ0v) is 9.43. The van der Waals surface area contributed by atoms with Crippen LogP contribution in [-0.4, -0.2) is 23.4 Å². The average Bonchev–Trinajstić information content (AvgIpc) is 2.61. The molecule has 0 aliphatic carbocycles. The number of aryl methyl sites for hydroxylation is 1. The molecule has 1 heterocycles. The number of hydrogen-bond donors (Lipinski definition) is 0. The summed E-state index contributed by atoms with van der Waals surface area (Å²) in [6.45, 7) is 3.98. The molecule has 0 N–H and O–H groups in total. The molecular formula is C12H14N2O2. The molecule has 0 bridgehead atoms. The Balaban J connectivity index is 2.30. The van der Waals surface area contributed by atoms with Crippen molar-refractivity contribution in [2.75, 3.05) is 11.6 Å². The highest BCUT2D eigenvalue weighted by Crippen LogP contribution is 2.22. The van der Waals surface area contributed by atoms with Crippen molar-refractivity contribution in [3.63, 3.8) is 0 Å². The van der Waals surface area contributed by atoms with Crippen molar-refractivity contribution in [3.05, 3.63) is 29.8 Å². The van der Waals surface area contributed by atoms with Gasteiger partial charge in [-0.1, -0.05) is 17.7 Å². The minimum atomic E-state index is -0.233. The first kappa shape index (κ1) is 10.7. The van der Waals surface area contributed by atoms with Crippen LogP contribution in [-0.2, 0) is 9.59 Å². The Morgan fingerprint density at radius 1 is 1.25 bits per heavy atom. The Morgan fingerprint density at radius 2 is 1.88 bits per heavy atom. The fraction of sp³-hybridized carbons (Fsp3) is 0.333. The highest BCUT2D eigenvalue weighted by Gasteiger charge is 2.32. The number of anilines is 1. The zero-order chi connectivity index (χ0) is 11.7. The lowest BCUT2D eigenvalue weighted by Gasteiger charge is -2.26. The lowest BCUT2D eigenvalue weighted by molar-refractivity contribution is -0.141. The molecule has 1 saturated heterocycles. The highest BCUT2D eigenvalue weighted by atomic mass is 16.2. The monoisotopic (exact) mass is 218 g/mol. The highest BCUT2D eigenvalue weighted by molar-refractivity contribution is 5.98. The van der Waals surface area contributed by atoms with Gasteiger partial charge in [0.15, 0.2) is 0 Å². The molecule has 1 aliphatic heterocycles. The van der Waals surface area contributed by atoms with Crippen molar-refractivity contribution in [1.29, 1.82) is 0 Å². The standard InChI is InChI=1S/C12H14N2O2/c1-9-3-5-11(6-4-9)13-8-7-12(16)14(13)10(2)15/h3-6H,7-8H2,1-2H3. The fourth-order valence-electron chi connectivity index (χ4n) is 1.85. The molecule has 0 aromatic heterocycles. The first-order valence-electron chi connectivity index (χ1n) is 5.27. The normalized spacial score (nSPS) is 15.8. The summed E-state index contributed by atoms with van der Waals surface area (Å²) in [7, 11) is 0. The molecule has 0 atom stereocenters. The molecule has 1 aromatic carbocycles. The van der Waals surface area contributed by atoms with Gasteiger partial charge < -0.3 is 0 Å². The zero-order valence-electron chi connectivity index (χ0n) is 9.43. The maximum Gasteiger partial charge on any atom is 0.250 e. The minimum absolute atomic E-state index is 0.131. The summed E-state index contributed by atoms with van der Waals surface area (Å²) in [6.07, 6.45) is 0.396. The Kier molecular flexibility index (Phi) is 2.64. The molecule has 0 spiro atoms. The third-order valence-electron chi connectivity index (χ3n) is 2.65. The molecule has 16 heavy (non-hydrogen) atoms. The summed E-state index contributed by atoms with van der Waals surface area (Å²) >= 11 is 0. The molecule has 4 nitrogen and oxygen atoms in total. The number of carbonyl (C=O) groups excluding carboxylic acids is 2. The van der Waals surface area contributed by atoms with Crippen molar-refractivity contribution in [2.45, 2.75) is 20.3 Å². The summed E-state index contributed by atoms with van der Waals surface area (Å²) in [5.41, 5.74) is 2.04. The molecule has 1 fully saturated rings. The van der Waals surface area contributed by atoms with E-state index in [1.165, 1.54) is 11.9 Å². The quantitative estimate of drug-likeness (QED) is 0.717. The molecule has 0 saturated carbocycles. The smallest absolute Gasteiger partial charge is 0.250 e. The van der Waals surface area contributed by atoms with Crippen LogP contribution in [0.25, 0.3) is 0 Å². The number of carbonyl (C=O) groups is 2. The van der Waals surface area contributed by atoms with E-state index in [0.29, 0.717) is 13.0 Å². The Labute approximate surface area is 94.4 Å². The molecule has 2 rings (SSSR count). The van der Waals surface area contributed by atoms with Gasteiger partial charge in [-0.2, -0.15) is 5.01 Å². The van der Waals surface area contributed by atoms with E-state index < -0.39 is 0 Å². The van der Waals surface area contributed by atoms with Crippen molar-refractivity contribution >= 4 is 17.5 Å². The van der Waals surface area contributed by atoms with Gasteiger partial charge in [0.25, 0.3) is 0 Å². The van der Waals surface area contributed by atoms with Gasteiger partial charge in [-0.25, -0.2) is 0 Å². The topological polar surface area (TPSA) is 40.6 Å². The Morgan fingerprint density at radius 3 is 2.44 bits per heavy atom. The van der Waals surface area contributed by atoms with E-state index in [1.54, 1.807) is 5.01 Å². The summed E-state index contributed by atoms with van der Waals surface area (Å²) < 4.78 is 0. The summed E-state index contributed by atoms with van der Waals surface area (Å²) in [4.78, 5) is 22.9. The van der Waals surface area contributed by atoms with Crippen LogP contribution in [0.3, 0.4) is 0 Å². The number of amides is 2. The van der Waals surface area contributed by atoms with Crippen LogP contribution in [0.1, 0.15) is 18.9 Å². The lowest BCUT2D eigenvalue weighted by atomic mass is 10.2. The van der Waals surface area contributed by atoms with E-state index in [-0.39, 0.29) is 11.8 Å². The van der Waals surface area contributed by atoms with Crippen LogP contribution in [0.2, 0.25) is 0 Å². The number of hydrogen-bond acceptors (Lipinski definition) is 3. The number of benzene rings is 1. The molecule has 84 valence electrons. The van der Waals surface area contributed by atoms with Gasteiger partial charge in [-0.3, -0.25) is 14.6 Å². The van der Waals surface area contributed by atoms with Crippen LogP contribution in [0.5, 0.6) is 0 Å². The van der Waals surface area contributed by atoms with E-state index >= 15 is 0 Å². The van der Waals surface area contributed by atoms with E-state index in [4.69, 9.17) is 0 Å². The number of hydrazine groups is 1. The molecular weight excluding hydrogens is 204 g/mol. The Bertz CT molecular complexity index is 425. The van der Waals surface area contributed by atoms with Gasteiger partial charge in [0.05, 0.1) is 5.69 Å². The van der Waals surface area contributed by atoms with E-state index in [0.717, 1.165) is 11.3 Å². The third-order valence-corrected chi connectivity index (χ3v) is 2.65. The second kappa shape index (κ2) is 3.96. The van der Waals surface area contributed by atoms with Crippen LogP contribution in [0.4, 0.5) is 5.69 Å². The molecule has 1 aromatic rings. The number of imide groups is 1. The minimum Gasteiger partial charge on any atom is -0.275 e. The average molecular weight is 218 g/mol. The van der Waals surface area contributed by atoms with Crippen LogP contribution < -0.4 is 5.01 Å². The van der Waals surface area contributed by atoms with Gasteiger partial charge in [-0.05, 0) is 19.1 Å². The summed E-state index contributed by atoms with van der Waals surface area (Å²) in [6, 6.07) is 7.78. The van der Waals surface area contributed by atoms with Crippen molar-refractivity contribution in [3.8, 4) is 0 Å². The summed E-state index contributed by atoms with van der Waals surface area (Å²) in [5.74, 6) is -0.365. The summed E-state index contributed by atoms with van der Waals surface area (Å²) in [5, 5.41) is 2.94. The third kappa shape index (κ3) is 1.78. The van der Waals surface area contributed by atoms with Crippen molar-refractivity contribution in [2.24, 2.45) is 0 Å². The van der Waals surface area contributed by atoms with Crippen LogP contribution in [0, 0.1) is 6.92 Å². The fourth-order valence-corrected chi connectivity index (χ4v) is 1.85. The maximum atomic E-state index is 11.5. The second-order valence-electron chi connectivity index (χ2n) is 3.93. The molecule has 0 radical (unpaired) electrons. The van der Waals surface area contributed by atoms with E-state index in [1.807, 2.05) is 31.2 Å². The van der Waals surface area contributed by atoms with Gasteiger partial charge in [-0.15, -0.1) is 0 Å². The predicted octanol–water partition coefficient (Wildman–Crippen LogP) is 1.50. The maximum absolute atomic E-state index is 11.5. The SMILES string of the molecule is CC(=O)N1C(=O)CCN1c1ccc(C)cc1. The lowest BCUT2D eigenvalue weighted by Crippen LogP contribution is -2.42. The first-order chi connectivity index (χ1) is 7.59. The van der Waals surface area contributed by atoms with Crippen molar-refractivity contribution in [1.82, 2.24) is 5.01 Å². The van der Waals surface area contributed by atoms with Gasteiger partial charge >= 0.3 is 0 Å². The van der Waals surface area contributed by atoms with Gasteiger partial charge in [0.1, 0.15) is 0 Å². The molecule has 1 aliphatic rings. The number of rotatable bonds is 1. The van der Waals surface area contributed by atoms with Gasteiger partial charge in [0.2, 0.25) is 11.8 Å². The largest absolute Gasteiger partial charge is 0.275 e. The predicted molar refractivity (Wildman–Crippen MR) is 60.7 cm³/mol. The second-order valence-corrected chi connectivity index (χ2v) is 3.93. The van der Waals surface area contributed by atoms with Crippen LogP contribution in [0.15, 0.2) is 24.3 Å². The molecule has 4 heteroatoms.